The summed E-state index contributed by atoms with van der Waals surface area (Å²) in [6, 6.07) is 0. The third-order valence-electron chi connectivity index (χ3n) is 3.20. The van der Waals surface area contributed by atoms with Crippen LogP contribution in [0.15, 0.2) is 4.47 Å². The van der Waals surface area contributed by atoms with Crippen LogP contribution in [0.2, 0.25) is 0 Å². The number of aryl methyl sites for hydroxylation is 2. The maximum absolute atomic E-state index is 5.83. The Hall–Kier alpha value is -0.0600. The van der Waals surface area contributed by atoms with Gasteiger partial charge in [-0.25, -0.2) is 0 Å². The molecule has 0 amide bonds. The Morgan fingerprint density at radius 3 is 2.67 bits per heavy atom. The minimum absolute atomic E-state index is 0.681. The van der Waals surface area contributed by atoms with Crippen LogP contribution in [0.1, 0.15) is 37.6 Å². The Kier molecular flexibility index (Phi) is 7.27. The van der Waals surface area contributed by atoms with Gasteiger partial charge in [0.15, 0.2) is 0 Å². The summed E-state index contributed by atoms with van der Waals surface area (Å²) in [4.78, 5) is 0. The van der Waals surface area contributed by atoms with Crippen LogP contribution in [0, 0.1) is 12.8 Å². The van der Waals surface area contributed by atoms with Crippen molar-refractivity contribution in [3.63, 3.8) is 0 Å². The number of aromatic nitrogens is 2. The average molecular weight is 337 g/mol. The minimum Gasteiger partial charge on any atom is -0.311 e. The molecular weight excluding hydrogens is 314 g/mol. The maximum atomic E-state index is 5.83. The lowest BCUT2D eigenvalue weighted by atomic mass is 10.0. The van der Waals surface area contributed by atoms with Gasteiger partial charge in [-0.15, -0.1) is 11.6 Å². The zero-order valence-corrected chi connectivity index (χ0v) is 13.8. The first-order chi connectivity index (χ1) is 8.60. The molecule has 104 valence electrons. The predicted molar refractivity (Wildman–Crippen MR) is 81.1 cm³/mol. The second kappa shape index (κ2) is 8.18. The van der Waals surface area contributed by atoms with Gasteiger partial charge in [0.25, 0.3) is 0 Å². The Balaban J connectivity index is 2.44. The highest BCUT2D eigenvalue weighted by atomic mass is 79.9. The van der Waals surface area contributed by atoms with E-state index in [9.17, 15) is 0 Å². The van der Waals surface area contributed by atoms with Crippen molar-refractivity contribution in [2.45, 2.75) is 39.7 Å². The van der Waals surface area contributed by atoms with Crippen molar-refractivity contribution in [3.8, 4) is 0 Å². The number of alkyl halides is 1. The van der Waals surface area contributed by atoms with E-state index in [-0.39, 0.29) is 0 Å². The summed E-state index contributed by atoms with van der Waals surface area (Å²) in [5.41, 5.74) is 2.24. The summed E-state index contributed by atoms with van der Waals surface area (Å²) in [7, 11) is 1.98. The van der Waals surface area contributed by atoms with Gasteiger partial charge in [0.05, 0.1) is 15.9 Å². The van der Waals surface area contributed by atoms with Gasteiger partial charge in [0, 0.05) is 19.5 Å². The Morgan fingerprint density at radius 1 is 1.44 bits per heavy atom. The molecular formula is C13H23BrClN3. The van der Waals surface area contributed by atoms with Crippen LogP contribution in [0.3, 0.4) is 0 Å². The van der Waals surface area contributed by atoms with E-state index in [4.69, 9.17) is 11.6 Å². The monoisotopic (exact) mass is 335 g/mol. The molecule has 0 spiro atoms. The quantitative estimate of drug-likeness (QED) is 0.735. The first-order valence-corrected chi connectivity index (χ1v) is 7.87. The van der Waals surface area contributed by atoms with Crippen molar-refractivity contribution in [2.75, 3.05) is 12.4 Å². The van der Waals surface area contributed by atoms with Gasteiger partial charge in [-0.3, -0.25) is 4.68 Å². The summed E-state index contributed by atoms with van der Waals surface area (Å²) in [5, 5.41) is 7.91. The zero-order valence-electron chi connectivity index (χ0n) is 11.5. The highest BCUT2D eigenvalue weighted by molar-refractivity contribution is 9.10. The average Bonchev–Trinajstić information content (AvgIpc) is 2.56. The van der Waals surface area contributed by atoms with E-state index in [1.807, 2.05) is 18.7 Å². The van der Waals surface area contributed by atoms with Gasteiger partial charge in [0.1, 0.15) is 0 Å². The lowest BCUT2D eigenvalue weighted by Gasteiger charge is -2.15. The van der Waals surface area contributed by atoms with E-state index in [2.05, 4.69) is 33.3 Å². The SMILES string of the molecule is CCCC(CCCl)CNCc1c(Br)c(C)nn1C. The number of hydrogen-bond donors (Lipinski definition) is 1. The third-order valence-corrected chi connectivity index (χ3v) is 4.45. The molecule has 0 aliphatic heterocycles. The normalized spacial score (nSPS) is 12.9. The van der Waals surface area contributed by atoms with Gasteiger partial charge >= 0.3 is 0 Å². The van der Waals surface area contributed by atoms with E-state index >= 15 is 0 Å². The molecule has 1 aromatic rings. The van der Waals surface area contributed by atoms with Crippen molar-refractivity contribution in [1.29, 1.82) is 0 Å². The second-order valence-corrected chi connectivity index (χ2v) is 5.90. The molecule has 3 nitrogen and oxygen atoms in total. The third kappa shape index (κ3) is 4.56. The fourth-order valence-electron chi connectivity index (χ4n) is 2.18. The molecule has 0 radical (unpaired) electrons. The lowest BCUT2D eigenvalue weighted by Crippen LogP contribution is -2.24. The zero-order chi connectivity index (χ0) is 13.5. The van der Waals surface area contributed by atoms with Crippen molar-refractivity contribution in [3.05, 3.63) is 15.9 Å². The summed E-state index contributed by atoms with van der Waals surface area (Å²) in [6.45, 7) is 6.11. The van der Waals surface area contributed by atoms with Gasteiger partial charge in [-0.2, -0.15) is 5.10 Å². The van der Waals surface area contributed by atoms with Crippen LogP contribution in [0.4, 0.5) is 0 Å². The van der Waals surface area contributed by atoms with Crippen molar-refractivity contribution >= 4 is 27.5 Å². The molecule has 0 fully saturated rings. The first kappa shape index (κ1) is 16.0. The van der Waals surface area contributed by atoms with Gasteiger partial charge in [0.2, 0.25) is 0 Å². The summed E-state index contributed by atoms with van der Waals surface area (Å²) >= 11 is 9.42. The van der Waals surface area contributed by atoms with E-state index in [0.29, 0.717) is 5.92 Å². The molecule has 1 aromatic heterocycles. The van der Waals surface area contributed by atoms with Crippen molar-refractivity contribution in [1.82, 2.24) is 15.1 Å². The highest BCUT2D eigenvalue weighted by Crippen LogP contribution is 2.20. The van der Waals surface area contributed by atoms with Crippen LogP contribution in [-0.4, -0.2) is 22.2 Å². The van der Waals surface area contributed by atoms with Gasteiger partial charge < -0.3 is 5.32 Å². The Labute approximate surface area is 123 Å². The molecule has 0 aliphatic carbocycles. The predicted octanol–water partition coefficient (Wildman–Crippen LogP) is 3.63. The van der Waals surface area contributed by atoms with E-state index in [1.54, 1.807) is 0 Å². The van der Waals surface area contributed by atoms with Crippen molar-refractivity contribution in [2.24, 2.45) is 13.0 Å². The Bertz CT molecular complexity index is 359. The fraction of sp³-hybridized carbons (Fsp3) is 0.769. The molecule has 0 aliphatic rings. The molecule has 18 heavy (non-hydrogen) atoms. The standard InChI is InChI=1S/C13H23BrClN3/c1-4-5-11(6-7-15)8-16-9-12-13(14)10(2)17-18(12)3/h11,16H,4-9H2,1-3H3. The van der Waals surface area contributed by atoms with Crippen LogP contribution < -0.4 is 5.32 Å². The minimum atomic E-state index is 0.681. The molecule has 1 heterocycles. The molecule has 0 bridgehead atoms. The Morgan fingerprint density at radius 2 is 2.17 bits per heavy atom. The number of hydrogen-bond acceptors (Lipinski definition) is 2. The van der Waals surface area contributed by atoms with Gasteiger partial charge in [-0.05, 0) is 48.2 Å². The van der Waals surface area contributed by atoms with Crippen LogP contribution in [-0.2, 0) is 13.6 Å². The van der Waals surface area contributed by atoms with Crippen molar-refractivity contribution < 1.29 is 0 Å². The maximum Gasteiger partial charge on any atom is 0.0739 e. The summed E-state index contributed by atoms with van der Waals surface area (Å²) < 4.78 is 3.05. The molecule has 0 aromatic carbocycles. The van der Waals surface area contributed by atoms with E-state index in [1.165, 1.54) is 18.5 Å². The molecule has 0 saturated heterocycles. The summed E-state index contributed by atoms with van der Waals surface area (Å²) in [6.07, 6.45) is 3.55. The molecule has 5 heteroatoms. The molecule has 1 N–H and O–H groups in total. The van der Waals surface area contributed by atoms with E-state index in [0.717, 1.165) is 35.6 Å². The lowest BCUT2D eigenvalue weighted by molar-refractivity contribution is 0.426. The first-order valence-electron chi connectivity index (χ1n) is 6.54. The highest BCUT2D eigenvalue weighted by Gasteiger charge is 2.11. The summed E-state index contributed by atoms with van der Waals surface area (Å²) in [5.74, 6) is 1.43. The number of nitrogens with zero attached hydrogens (tertiary/aromatic N) is 2. The number of halogens is 2. The smallest absolute Gasteiger partial charge is 0.0739 e. The fourth-order valence-corrected chi connectivity index (χ4v) is 2.96. The molecule has 1 unspecified atom stereocenters. The largest absolute Gasteiger partial charge is 0.311 e. The number of rotatable bonds is 8. The topological polar surface area (TPSA) is 29.9 Å². The second-order valence-electron chi connectivity index (χ2n) is 4.73. The van der Waals surface area contributed by atoms with Gasteiger partial charge in [-0.1, -0.05) is 13.3 Å². The van der Waals surface area contributed by atoms with E-state index < -0.39 is 0 Å². The van der Waals surface area contributed by atoms with Crippen LogP contribution in [0.25, 0.3) is 0 Å². The number of nitrogens with one attached hydrogen (secondary N) is 1. The van der Waals surface area contributed by atoms with Crippen LogP contribution >= 0.6 is 27.5 Å². The molecule has 1 atom stereocenters. The molecule has 0 saturated carbocycles. The molecule has 1 rings (SSSR count). The van der Waals surface area contributed by atoms with Crippen LogP contribution in [0.5, 0.6) is 0 Å².